The molecule has 156 valence electrons. The van der Waals surface area contributed by atoms with Crippen LogP contribution < -0.4 is 20.4 Å². The van der Waals surface area contributed by atoms with Gasteiger partial charge in [0.25, 0.3) is 0 Å². The fraction of sp³-hybridized carbons (Fsp3) is 0.556. The second kappa shape index (κ2) is 6.41. The number of carbonyl (C=O) groups is 2. The first kappa shape index (κ1) is 18.8. The number of carboxylic acid groups (broad SMARTS) is 1. The number of likely N-dealkylation sites (tertiary alicyclic amines) is 1. The number of nitrogens with one attached hydrogen (secondary N) is 1. The van der Waals surface area contributed by atoms with E-state index in [9.17, 15) is 24.7 Å². The van der Waals surface area contributed by atoms with E-state index in [4.69, 9.17) is 9.39 Å². The fourth-order valence-electron chi connectivity index (χ4n) is 4.88. The number of benzene rings is 1. The number of ether oxygens (including phenoxy) is 1. The lowest BCUT2D eigenvalue weighted by Crippen LogP contribution is -2.64. The number of amides is 1. The highest BCUT2D eigenvalue weighted by molar-refractivity contribution is 6.62. The number of carboxylic acids is 1. The Morgan fingerprint density at radius 1 is 1.28 bits per heavy atom. The summed E-state index contributed by atoms with van der Waals surface area (Å²) in [5.41, 5.74) is 3.99. The number of quaternary nitrogens is 1. The zero-order chi connectivity index (χ0) is 20.5. The molecule has 1 unspecified atom stereocenters. The van der Waals surface area contributed by atoms with Crippen LogP contribution in [-0.2, 0) is 4.79 Å². The first-order valence-corrected chi connectivity index (χ1v) is 9.93. The maximum Gasteiger partial charge on any atom is 0.434 e. The second-order valence-corrected chi connectivity index (χ2v) is 8.56. The van der Waals surface area contributed by atoms with Gasteiger partial charge in [-0.2, -0.15) is 0 Å². The molecule has 4 atom stereocenters. The van der Waals surface area contributed by atoms with Crippen molar-refractivity contribution in [3.8, 4) is 11.5 Å². The topological polar surface area (TPSA) is 156 Å². The Kier molecular flexibility index (Phi) is 4.16. The number of hydrogen-bond acceptors (Lipinski definition) is 8. The molecule has 4 aliphatic rings. The Morgan fingerprint density at radius 3 is 2.69 bits per heavy atom. The summed E-state index contributed by atoms with van der Waals surface area (Å²) in [7, 11) is 0. The number of aromatic carboxylic acids is 1. The molecule has 1 aliphatic carbocycles. The van der Waals surface area contributed by atoms with E-state index in [1.807, 2.05) is 0 Å². The third-order valence-corrected chi connectivity index (χ3v) is 6.63. The molecule has 29 heavy (non-hydrogen) atoms. The number of hydrogen-bond donors (Lipinski definition) is 5. The molecule has 1 aromatic rings. The molecule has 11 heteroatoms. The molecule has 0 radical (unpaired) electrons. The van der Waals surface area contributed by atoms with Crippen molar-refractivity contribution in [2.75, 3.05) is 19.6 Å². The van der Waals surface area contributed by atoms with Crippen LogP contribution in [0.2, 0.25) is 5.82 Å². The number of nitrogens with zero attached hydrogens (tertiary/aromatic N) is 1. The SMILES string of the molecule is [NH3+]C(=O)[C@H]1C[C@H](N2CC(Oc3ccc4c(c3C(=O)O)O[B-](O)(O)[C@@H]3CC43)C2)CN1. The molecule has 1 aromatic carbocycles. The summed E-state index contributed by atoms with van der Waals surface area (Å²) in [5.74, 6) is -1.61. The number of rotatable bonds is 5. The molecule has 1 amide bonds. The minimum absolute atomic E-state index is 0.00622. The zero-order valence-corrected chi connectivity index (χ0v) is 15.8. The van der Waals surface area contributed by atoms with E-state index < -0.39 is 12.7 Å². The fourth-order valence-corrected chi connectivity index (χ4v) is 4.88. The van der Waals surface area contributed by atoms with Gasteiger partial charge < -0.3 is 29.9 Å². The Balaban J connectivity index is 1.30. The Labute approximate surface area is 166 Å². The van der Waals surface area contributed by atoms with Crippen molar-refractivity contribution >= 4 is 18.6 Å². The molecule has 0 spiro atoms. The zero-order valence-electron chi connectivity index (χ0n) is 15.8. The first-order chi connectivity index (χ1) is 13.7. The third kappa shape index (κ3) is 3.09. The van der Waals surface area contributed by atoms with E-state index in [2.05, 4.69) is 16.0 Å². The monoisotopic (exact) mass is 405 g/mol. The molecule has 3 heterocycles. The number of fused-ring (bicyclic) bond motifs is 3. The molecule has 5 rings (SSSR count). The summed E-state index contributed by atoms with van der Waals surface area (Å²) in [6.07, 6.45) is 1.10. The van der Waals surface area contributed by atoms with Gasteiger partial charge in [-0.05, 0) is 24.0 Å². The molecule has 2 saturated heterocycles. The normalized spacial score (nSPS) is 32.5. The molecule has 0 bridgehead atoms. The molecule has 7 N–H and O–H groups in total. The van der Waals surface area contributed by atoms with Crippen LogP contribution in [0.1, 0.15) is 34.7 Å². The van der Waals surface area contributed by atoms with Crippen molar-refractivity contribution in [2.24, 2.45) is 0 Å². The van der Waals surface area contributed by atoms with Gasteiger partial charge >= 0.3 is 18.6 Å². The van der Waals surface area contributed by atoms with E-state index in [1.54, 1.807) is 12.1 Å². The van der Waals surface area contributed by atoms with Gasteiger partial charge in [-0.3, -0.25) is 10.6 Å². The second-order valence-electron chi connectivity index (χ2n) is 8.56. The highest BCUT2D eigenvalue weighted by Crippen LogP contribution is 2.63. The summed E-state index contributed by atoms with van der Waals surface area (Å²) >= 11 is 0. The Bertz CT molecular complexity index is 888. The highest BCUT2D eigenvalue weighted by atomic mass is 16.6. The standard InChI is InChI=1S/C18H23BN3O7/c20-17(23)13-3-8(5-21-13)22-6-9(7-22)28-14-2-1-10-11-4-12(11)19(26,27)29-16(10)15(14)18(24)25/h1-2,8-9,11-13,21,26-27H,3-7H2,(H2,20,23)(H,24,25)/q-1/p+1/t8-,11?,12+,13+/m0/s1. The van der Waals surface area contributed by atoms with Crippen molar-refractivity contribution in [3.63, 3.8) is 0 Å². The van der Waals surface area contributed by atoms with Crippen molar-refractivity contribution < 1.29 is 39.9 Å². The molecule has 10 nitrogen and oxygen atoms in total. The summed E-state index contributed by atoms with van der Waals surface area (Å²) < 4.78 is 11.3. The third-order valence-electron chi connectivity index (χ3n) is 6.63. The van der Waals surface area contributed by atoms with Crippen LogP contribution in [0.15, 0.2) is 12.1 Å². The largest absolute Gasteiger partial charge is 0.669 e. The lowest BCUT2D eigenvalue weighted by atomic mass is 9.68. The summed E-state index contributed by atoms with van der Waals surface area (Å²) in [6.45, 7) is -1.09. The van der Waals surface area contributed by atoms with Crippen LogP contribution in [0.25, 0.3) is 0 Å². The van der Waals surface area contributed by atoms with E-state index >= 15 is 0 Å². The van der Waals surface area contributed by atoms with Gasteiger partial charge in [-0.15, -0.1) is 0 Å². The van der Waals surface area contributed by atoms with Crippen LogP contribution in [0, 0.1) is 0 Å². The smallest absolute Gasteiger partial charge is 0.434 e. The molecule has 1 saturated carbocycles. The lowest BCUT2D eigenvalue weighted by molar-refractivity contribution is -0.308. The van der Waals surface area contributed by atoms with Crippen molar-refractivity contribution in [3.05, 3.63) is 23.3 Å². The van der Waals surface area contributed by atoms with E-state index in [1.165, 1.54) is 0 Å². The predicted molar refractivity (Wildman–Crippen MR) is 99.4 cm³/mol. The Morgan fingerprint density at radius 2 is 2.03 bits per heavy atom. The molecule has 3 aliphatic heterocycles. The number of carbonyl (C=O) groups excluding carboxylic acids is 1. The maximum absolute atomic E-state index is 11.9. The van der Waals surface area contributed by atoms with E-state index in [-0.39, 0.29) is 52.9 Å². The first-order valence-electron chi connectivity index (χ1n) is 9.93. The van der Waals surface area contributed by atoms with Gasteiger partial charge in [0.2, 0.25) is 0 Å². The average Bonchev–Trinajstić information content (AvgIpc) is 3.28. The van der Waals surface area contributed by atoms with Gasteiger partial charge in [0.05, 0.1) is 5.75 Å². The van der Waals surface area contributed by atoms with Crippen molar-refractivity contribution in [1.82, 2.24) is 10.2 Å². The van der Waals surface area contributed by atoms with Crippen LogP contribution >= 0.6 is 0 Å². The maximum atomic E-state index is 11.9. The minimum Gasteiger partial charge on any atom is -0.669 e. The van der Waals surface area contributed by atoms with Crippen LogP contribution in [0.5, 0.6) is 11.5 Å². The molecule has 0 aromatic heterocycles. The predicted octanol–water partition coefficient (Wildman–Crippen LogP) is -1.88. The van der Waals surface area contributed by atoms with E-state index in [0.717, 1.165) is 0 Å². The average molecular weight is 405 g/mol. The quantitative estimate of drug-likeness (QED) is 0.354. The van der Waals surface area contributed by atoms with Gasteiger partial charge in [0.1, 0.15) is 23.5 Å². The van der Waals surface area contributed by atoms with Gasteiger partial charge in [-0.1, -0.05) is 18.3 Å². The summed E-state index contributed by atoms with van der Waals surface area (Å²) in [4.78, 5) is 25.5. The Hall–Kier alpha value is -2.18. The van der Waals surface area contributed by atoms with Gasteiger partial charge in [0.15, 0.2) is 0 Å². The highest BCUT2D eigenvalue weighted by Gasteiger charge is 2.55. The van der Waals surface area contributed by atoms with Crippen LogP contribution in [-0.4, -0.2) is 76.5 Å². The van der Waals surface area contributed by atoms with Crippen molar-refractivity contribution in [2.45, 2.75) is 42.8 Å². The lowest BCUT2D eigenvalue weighted by Gasteiger charge is -2.43. The molecule has 3 fully saturated rings. The summed E-state index contributed by atoms with van der Waals surface area (Å²) in [6, 6.07) is 3.42. The van der Waals surface area contributed by atoms with Crippen molar-refractivity contribution in [1.29, 1.82) is 0 Å². The van der Waals surface area contributed by atoms with Gasteiger partial charge in [0, 0.05) is 25.7 Å². The van der Waals surface area contributed by atoms with Gasteiger partial charge in [-0.25, -0.2) is 9.59 Å². The molecular weight excluding hydrogens is 381 g/mol. The van der Waals surface area contributed by atoms with Crippen LogP contribution in [0.3, 0.4) is 0 Å². The summed E-state index contributed by atoms with van der Waals surface area (Å²) in [5, 5.41) is 33.1. The van der Waals surface area contributed by atoms with Crippen LogP contribution in [0.4, 0.5) is 0 Å². The molecular formula is C18H24BN3O7. The van der Waals surface area contributed by atoms with E-state index in [0.29, 0.717) is 38.0 Å². The minimum atomic E-state index is -3.06.